The summed E-state index contributed by atoms with van der Waals surface area (Å²) in [6.07, 6.45) is 3.52. The second kappa shape index (κ2) is 7.61. The number of rotatable bonds is 9. The molecular weight excluding hydrogens is 202 g/mol. The molecule has 1 fully saturated rings. The zero-order valence-electron chi connectivity index (χ0n) is 10.4. The number of nitrogens with zero attached hydrogens (tertiary/aromatic N) is 2. The van der Waals surface area contributed by atoms with E-state index in [0.717, 1.165) is 38.7 Å². The second-order valence-electron chi connectivity index (χ2n) is 4.29. The molecule has 0 aromatic carbocycles. The van der Waals surface area contributed by atoms with Crippen molar-refractivity contribution in [3.8, 4) is 6.07 Å². The van der Waals surface area contributed by atoms with Crippen LogP contribution in [0.1, 0.15) is 26.2 Å². The Morgan fingerprint density at radius 3 is 2.75 bits per heavy atom. The molecule has 1 atom stereocenters. The fraction of sp³-hybridized carbons (Fsp3) is 0.917. The molecule has 16 heavy (non-hydrogen) atoms. The van der Waals surface area contributed by atoms with Crippen LogP contribution in [0.4, 0.5) is 0 Å². The summed E-state index contributed by atoms with van der Waals surface area (Å²) < 4.78 is 5.11. The van der Waals surface area contributed by atoms with Crippen LogP contribution in [0.3, 0.4) is 0 Å². The van der Waals surface area contributed by atoms with E-state index in [1.165, 1.54) is 12.8 Å². The van der Waals surface area contributed by atoms with E-state index in [0.29, 0.717) is 0 Å². The van der Waals surface area contributed by atoms with Crippen molar-refractivity contribution in [1.29, 1.82) is 5.26 Å². The lowest BCUT2D eigenvalue weighted by Crippen LogP contribution is -2.36. The largest absolute Gasteiger partial charge is 0.383 e. The standard InChI is InChI=1S/C12H23N3O/c1-3-14-11(10-13)6-7-15(8-9-16-2)12-4-5-12/h11-12,14H,3-9H2,1-2H3. The maximum atomic E-state index is 8.94. The average molecular weight is 225 g/mol. The van der Waals surface area contributed by atoms with E-state index in [2.05, 4.69) is 16.3 Å². The predicted octanol–water partition coefficient (Wildman–Crippen LogP) is 0.989. The molecule has 0 aliphatic heterocycles. The third kappa shape index (κ3) is 4.93. The van der Waals surface area contributed by atoms with Crippen molar-refractivity contribution < 1.29 is 4.74 Å². The lowest BCUT2D eigenvalue weighted by atomic mass is 10.2. The summed E-state index contributed by atoms with van der Waals surface area (Å²) >= 11 is 0. The van der Waals surface area contributed by atoms with Crippen molar-refractivity contribution in [3.63, 3.8) is 0 Å². The monoisotopic (exact) mass is 225 g/mol. The lowest BCUT2D eigenvalue weighted by Gasteiger charge is -2.22. The number of nitriles is 1. The molecule has 1 N–H and O–H groups in total. The van der Waals surface area contributed by atoms with Crippen molar-refractivity contribution in [2.75, 3.05) is 33.4 Å². The van der Waals surface area contributed by atoms with Gasteiger partial charge in [-0.05, 0) is 25.8 Å². The maximum absolute atomic E-state index is 8.94. The third-order valence-electron chi connectivity index (χ3n) is 2.96. The molecule has 0 amide bonds. The summed E-state index contributed by atoms with van der Waals surface area (Å²) in [7, 11) is 1.74. The molecule has 0 bridgehead atoms. The quantitative estimate of drug-likeness (QED) is 0.636. The molecule has 0 spiro atoms. The Balaban J connectivity index is 2.23. The van der Waals surface area contributed by atoms with E-state index in [1.54, 1.807) is 7.11 Å². The Labute approximate surface area is 98.6 Å². The minimum Gasteiger partial charge on any atom is -0.383 e. The lowest BCUT2D eigenvalue weighted by molar-refractivity contribution is 0.141. The number of hydrogen-bond acceptors (Lipinski definition) is 4. The molecule has 0 heterocycles. The zero-order chi connectivity index (χ0) is 11.8. The molecule has 1 aliphatic rings. The zero-order valence-corrected chi connectivity index (χ0v) is 10.4. The third-order valence-corrected chi connectivity index (χ3v) is 2.96. The molecule has 1 saturated carbocycles. The molecule has 4 nitrogen and oxygen atoms in total. The molecule has 0 aromatic heterocycles. The van der Waals surface area contributed by atoms with E-state index in [1.807, 2.05) is 6.92 Å². The highest BCUT2D eigenvalue weighted by Gasteiger charge is 2.28. The van der Waals surface area contributed by atoms with Gasteiger partial charge in [0.1, 0.15) is 0 Å². The fourth-order valence-electron chi connectivity index (χ4n) is 1.88. The van der Waals surface area contributed by atoms with Crippen molar-refractivity contribution in [3.05, 3.63) is 0 Å². The number of methoxy groups -OCH3 is 1. The van der Waals surface area contributed by atoms with Crippen LogP contribution in [-0.4, -0.2) is 50.3 Å². The highest BCUT2D eigenvalue weighted by atomic mass is 16.5. The van der Waals surface area contributed by atoms with Crippen LogP contribution in [0.2, 0.25) is 0 Å². The first-order valence-electron chi connectivity index (χ1n) is 6.17. The number of hydrogen-bond donors (Lipinski definition) is 1. The molecule has 92 valence electrons. The Hall–Kier alpha value is -0.630. The van der Waals surface area contributed by atoms with Crippen LogP contribution in [-0.2, 0) is 4.74 Å². The van der Waals surface area contributed by atoms with E-state index >= 15 is 0 Å². The summed E-state index contributed by atoms with van der Waals surface area (Å²) in [6.45, 7) is 5.67. The summed E-state index contributed by atoms with van der Waals surface area (Å²) in [5.41, 5.74) is 0. The molecule has 0 aromatic rings. The van der Waals surface area contributed by atoms with E-state index in [-0.39, 0.29) is 6.04 Å². The van der Waals surface area contributed by atoms with Crippen LogP contribution >= 0.6 is 0 Å². The highest BCUT2D eigenvalue weighted by Crippen LogP contribution is 2.26. The molecular formula is C12H23N3O. The fourth-order valence-corrected chi connectivity index (χ4v) is 1.88. The van der Waals surface area contributed by atoms with Gasteiger partial charge in [0.15, 0.2) is 0 Å². The van der Waals surface area contributed by atoms with Crippen LogP contribution in [0, 0.1) is 11.3 Å². The van der Waals surface area contributed by atoms with Gasteiger partial charge in [-0.2, -0.15) is 5.26 Å². The first-order chi connectivity index (χ1) is 7.81. The molecule has 0 saturated heterocycles. The maximum Gasteiger partial charge on any atom is 0.0965 e. The molecule has 1 rings (SSSR count). The van der Waals surface area contributed by atoms with E-state index in [9.17, 15) is 0 Å². The van der Waals surface area contributed by atoms with E-state index in [4.69, 9.17) is 10.00 Å². The van der Waals surface area contributed by atoms with Gasteiger partial charge in [0.05, 0.1) is 18.7 Å². The van der Waals surface area contributed by atoms with Crippen LogP contribution < -0.4 is 5.32 Å². The van der Waals surface area contributed by atoms with Crippen molar-refractivity contribution >= 4 is 0 Å². The average Bonchev–Trinajstić information content (AvgIpc) is 3.11. The summed E-state index contributed by atoms with van der Waals surface area (Å²) in [5, 5.41) is 12.1. The minimum absolute atomic E-state index is 0.00575. The predicted molar refractivity (Wildman–Crippen MR) is 64.2 cm³/mol. The van der Waals surface area contributed by atoms with Gasteiger partial charge in [-0.3, -0.25) is 4.90 Å². The summed E-state index contributed by atoms with van der Waals surface area (Å²) in [4.78, 5) is 2.45. The molecule has 1 aliphatic carbocycles. The second-order valence-corrected chi connectivity index (χ2v) is 4.29. The summed E-state index contributed by atoms with van der Waals surface area (Å²) in [6, 6.07) is 3.05. The van der Waals surface area contributed by atoms with Gasteiger partial charge in [0, 0.05) is 26.2 Å². The Morgan fingerprint density at radius 2 is 2.25 bits per heavy atom. The Kier molecular flexibility index (Phi) is 6.39. The van der Waals surface area contributed by atoms with E-state index < -0.39 is 0 Å². The first-order valence-corrected chi connectivity index (χ1v) is 6.17. The normalized spacial score (nSPS) is 17.4. The van der Waals surface area contributed by atoms with Crippen molar-refractivity contribution in [2.45, 2.75) is 38.3 Å². The van der Waals surface area contributed by atoms with Crippen LogP contribution in [0.25, 0.3) is 0 Å². The topological polar surface area (TPSA) is 48.3 Å². The van der Waals surface area contributed by atoms with Crippen molar-refractivity contribution in [2.24, 2.45) is 0 Å². The number of ether oxygens (including phenoxy) is 1. The van der Waals surface area contributed by atoms with Gasteiger partial charge in [-0.15, -0.1) is 0 Å². The van der Waals surface area contributed by atoms with Crippen molar-refractivity contribution in [1.82, 2.24) is 10.2 Å². The van der Waals surface area contributed by atoms with Crippen LogP contribution in [0.5, 0.6) is 0 Å². The molecule has 4 heteroatoms. The SMILES string of the molecule is CCNC(C#N)CCN(CCOC)C1CC1. The van der Waals surface area contributed by atoms with Gasteiger partial charge >= 0.3 is 0 Å². The highest BCUT2D eigenvalue weighted by molar-refractivity contribution is 4.92. The Morgan fingerprint density at radius 1 is 1.50 bits per heavy atom. The van der Waals surface area contributed by atoms with Gasteiger partial charge in [-0.25, -0.2) is 0 Å². The number of nitrogens with one attached hydrogen (secondary N) is 1. The van der Waals surface area contributed by atoms with Gasteiger partial charge in [-0.1, -0.05) is 6.92 Å². The Bertz CT molecular complexity index is 223. The minimum atomic E-state index is -0.00575. The summed E-state index contributed by atoms with van der Waals surface area (Å²) in [5.74, 6) is 0. The molecule has 0 radical (unpaired) electrons. The van der Waals surface area contributed by atoms with Crippen LogP contribution in [0.15, 0.2) is 0 Å². The van der Waals surface area contributed by atoms with Gasteiger partial charge in [0.2, 0.25) is 0 Å². The first kappa shape index (κ1) is 13.4. The smallest absolute Gasteiger partial charge is 0.0965 e. The molecule has 1 unspecified atom stereocenters. The van der Waals surface area contributed by atoms with Gasteiger partial charge in [0.25, 0.3) is 0 Å². The van der Waals surface area contributed by atoms with Gasteiger partial charge < -0.3 is 10.1 Å².